The summed E-state index contributed by atoms with van der Waals surface area (Å²) in [5.41, 5.74) is 5.49. The van der Waals surface area contributed by atoms with Crippen molar-refractivity contribution in [2.75, 3.05) is 26.9 Å². The highest BCUT2D eigenvalue weighted by Gasteiger charge is 2.42. The lowest BCUT2D eigenvalue weighted by molar-refractivity contribution is -0.0280. The van der Waals surface area contributed by atoms with Gasteiger partial charge in [0, 0.05) is 7.11 Å². The Kier molecular flexibility index (Phi) is 4.31. The van der Waals surface area contributed by atoms with Gasteiger partial charge >= 0.3 is 0 Å². The molecular weight excluding hydrogens is 182 g/mol. The van der Waals surface area contributed by atoms with Crippen LogP contribution >= 0.6 is 0 Å². The first kappa shape index (κ1) is 11.9. The predicted molar refractivity (Wildman–Crippen MR) is 54.0 cm³/mol. The molecule has 84 valence electrons. The van der Waals surface area contributed by atoms with Crippen molar-refractivity contribution in [3.8, 4) is 0 Å². The van der Waals surface area contributed by atoms with Crippen LogP contribution in [0.3, 0.4) is 0 Å². The number of aliphatic hydroxyl groups excluding tert-OH is 1. The molecule has 14 heavy (non-hydrogen) atoms. The van der Waals surface area contributed by atoms with Crippen LogP contribution in [0.25, 0.3) is 0 Å². The fourth-order valence-electron chi connectivity index (χ4n) is 1.53. The van der Waals surface area contributed by atoms with Gasteiger partial charge in [-0.05, 0) is 25.7 Å². The maximum atomic E-state index is 9.20. The average Bonchev–Trinajstić information content (AvgIpc) is 2.98. The summed E-state index contributed by atoms with van der Waals surface area (Å²) in [6, 6.07) is 0. The maximum absolute atomic E-state index is 9.20. The molecule has 1 saturated carbocycles. The second-order valence-electron chi connectivity index (χ2n) is 4.24. The van der Waals surface area contributed by atoms with Gasteiger partial charge in [-0.2, -0.15) is 0 Å². The SMILES string of the molecule is COCC(C)OCC(N)(CO)C1CC1. The molecule has 0 aromatic rings. The van der Waals surface area contributed by atoms with Crippen LogP contribution in [0.15, 0.2) is 0 Å². The van der Waals surface area contributed by atoms with Gasteiger partial charge in [0.1, 0.15) is 0 Å². The number of hydrogen-bond acceptors (Lipinski definition) is 4. The van der Waals surface area contributed by atoms with Gasteiger partial charge in [-0.1, -0.05) is 0 Å². The fraction of sp³-hybridized carbons (Fsp3) is 1.00. The van der Waals surface area contributed by atoms with Gasteiger partial charge in [-0.25, -0.2) is 0 Å². The first-order valence-corrected chi connectivity index (χ1v) is 5.12. The number of ether oxygens (including phenoxy) is 2. The van der Waals surface area contributed by atoms with Crippen LogP contribution in [-0.4, -0.2) is 43.7 Å². The molecule has 0 bridgehead atoms. The summed E-state index contributed by atoms with van der Waals surface area (Å²) in [5.74, 6) is 0.433. The van der Waals surface area contributed by atoms with E-state index in [1.165, 1.54) is 0 Å². The van der Waals surface area contributed by atoms with E-state index >= 15 is 0 Å². The Hall–Kier alpha value is -0.160. The Bertz CT molecular complexity index is 173. The van der Waals surface area contributed by atoms with Crippen LogP contribution in [-0.2, 0) is 9.47 Å². The quantitative estimate of drug-likeness (QED) is 0.617. The smallest absolute Gasteiger partial charge is 0.0781 e. The zero-order valence-electron chi connectivity index (χ0n) is 9.03. The minimum absolute atomic E-state index is 0.00261. The van der Waals surface area contributed by atoms with Crippen LogP contribution in [0, 0.1) is 5.92 Å². The Morgan fingerprint density at radius 2 is 2.21 bits per heavy atom. The van der Waals surface area contributed by atoms with E-state index in [-0.39, 0.29) is 12.7 Å². The number of aliphatic hydroxyl groups is 1. The van der Waals surface area contributed by atoms with Crippen molar-refractivity contribution < 1.29 is 14.6 Å². The molecule has 1 aliphatic carbocycles. The zero-order valence-corrected chi connectivity index (χ0v) is 9.03. The minimum atomic E-state index is -0.540. The van der Waals surface area contributed by atoms with Gasteiger partial charge < -0.3 is 20.3 Å². The molecule has 4 nitrogen and oxygen atoms in total. The topological polar surface area (TPSA) is 64.7 Å². The molecule has 3 N–H and O–H groups in total. The van der Waals surface area contributed by atoms with E-state index in [9.17, 15) is 5.11 Å². The number of hydrogen-bond donors (Lipinski definition) is 2. The molecule has 1 rings (SSSR count). The van der Waals surface area contributed by atoms with E-state index < -0.39 is 5.54 Å². The van der Waals surface area contributed by atoms with E-state index in [1.54, 1.807) is 7.11 Å². The molecular formula is C10H21NO3. The van der Waals surface area contributed by atoms with Crippen LogP contribution < -0.4 is 5.73 Å². The first-order chi connectivity index (χ1) is 6.62. The van der Waals surface area contributed by atoms with E-state index in [4.69, 9.17) is 15.2 Å². The highest BCUT2D eigenvalue weighted by Crippen LogP contribution is 2.38. The molecule has 0 aromatic heterocycles. The molecule has 0 spiro atoms. The van der Waals surface area contributed by atoms with Crippen molar-refractivity contribution >= 4 is 0 Å². The van der Waals surface area contributed by atoms with Crippen molar-refractivity contribution in [3.05, 3.63) is 0 Å². The standard InChI is InChI=1S/C10H21NO3/c1-8(5-13-2)14-7-10(11,6-12)9-3-4-9/h8-9,12H,3-7,11H2,1-2H3. The van der Waals surface area contributed by atoms with E-state index in [2.05, 4.69) is 0 Å². The third-order valence-electron chi connectivity index (χ3n) is 2.72. The van der Waals surface area contributed by atoms with Crippen LogP contribution in [0.4, 0.5) is 0 Å². The molecule has 1 fully saturated rings. The first-order valence-electron chi connectivity index (χ1n) is 5.12. The van der Waals surface area contributed by atoms with Gasteiger partial charge in [0.25, 0.3) is 0 Å². The molecule has 2 unspecified atom stereocenters. The molecule has 0 aliphatic heterocycles. The van der Waals surface area contributed by atoms with Crippen molar-refractivity contribution in [3.63, 3.8) is 0 Å². The summed E-state index contributed by atoms with van der Waals surface area (Å²) in [5, 5.41) is 9.20. The van der Waals surface area contributed by atoms with Gasteiger partial charge in [-0.3, -0.25) is 0 Å². The number of nitrogens with two attached hydrogens (primary N) is 1. The number of methoxy groups -OCH3 is 1. The van der Waals surface area contributed by atoms with E-state index in [0.717, 1.165) is 12.8 Å². The summed E-state index contributed by atoms with van der Waals surface area (Å²) < 4.78 is 10.5. The lowest BCUT2D eigenvalue weighted by atomic mass is 9.97. The normalized spacial score (nSPS) is 23.1. The highest BCUT2D eigenvalue weighted by atomic mass is 16.5. The Morgan fingerprint density at radius 1 is 1.57 bits per heavy atom. The second kappa shape index (κ2) is 5.07. The van der Waals surface area contributed by atoms with Crippen molar-refractivity contribution in [1.82, 2.24) is 0 Å². The van der Waals surface area contributed by atoms with Crippen molar-refractivity contribution in [1.29, 1.82) is 0 Å². The van der Waals surface area contributed by atoms with Gasteiger partial charge in [0.05, 0.1) is 31.5 Å². The van der Waals surface area contributed by atoms with Crippen molar-refractivity contribution in [2.45, 2.75) is 31.4 Å². The highest BCUT2D eigenvalue weighted by molar-refractivity contribution is 4.98. The molecule has 1 aliphatic rings. The minimum Gasteiger partial charge on any atom is -0.394 e. The Morgan fingerprint density at radius 3 is 2.64 bits per heavy atom. The van der Waals surface area contributed by atoms with Gasteiger partial charge in [-0.15, -0.1) is 0 Å². The van der Waals surface area contributed by atoms with Crippen molar-refractivity contribution in [2.24, 2.45) is 11.7 Å². The summed E-state index contributed by atoms with van der Waals surface area (Å²) >= 11 is 0. The molecule has 4 heteroatoms. The Balaban J connectivity index is 2.26. The zero-order chi connectivity index (χ0) is 10.6. The molecule has 2 atom stereocenters. The molecule has 0 amide bonds. The van der Waals surface area contributed by atoms with Crippen LogP contribution in [0.1, 0.15) is 19.8 Å². The van der Waals surface area contributed by atoms with E-state index in [1.807, 2.05) is 6.92 Å². The lowest BCUT2D eigenvalue weighted by Crippen LogP contribution is -2.51. The maximum Gasteiger partial charge on any atom is 0.0781 e. The summed E-state index contributed by atoms with van der Waals surface area (Å²) in [6.07, 6.45) is 2.26. The number of rotatable bonds is 7. The van der Waals surface area contributed by atoms with Crippen LogP contribution in [0.2, 0.25) is 0 Å². The van der Waals surface area contributed by atoms with Gasteiger partial charge in [0.2, 0.25) is 0 Å². The average molecular weight is 203 g/mol. The second-order valence-corrected chi connectivity index (χ2v) is 4.24. The molecule has 0 saturated heterocycles. The summed E-state index contributed by atoms with van der Waals surface area (Å²) in [6.45, 7) is 2.91. The summed E-state index contributed by atoms with van der Waals surface area (Å²) in [7, 11) is 1.64. The largest absolute Gasteiger partial charge is 0.394 e. The lowest BCUT2D eigenvalue weighted by Gasteiger charge is -2.28. The molecule has 0 radical (unpaired) electrons. The monoisotopic (exact) mass is 203 g/mol. The van der Waals surface area contributed by atoms with Gasteiger partial charge in [0.15, 0.2) is 0 Å². The third-order valence-corrected chi connectivity index (χ3v) is 2.72. The van der Waals surface area contributed by atoms with E-state index in [0.29, 0.717) is 19.1 Å². The van der Waals surface area contributed by atoms with Crippen LogP contribution in [0.5, 0.6) is 0 Å². The third kappa shape index (κ3) is 3.20. The molecule has 0 heterocycles. The molecule has 0 aromatic carbocycles. The predicted octanol–water partition coefficient (Wildman–Crippen LogP) is 0.138. The Labute approximate surface area is 85.4 Å². The fourth-order valence-corrected chi connectivity index (χ4v) is 1.53. The summed E-state index contributed by atoms with van der Waals surface area (Å²) in [4.78, 5) is 0.